The van der Waals surface area contributed by atoms with Gasteiger partial charge in [-0.25, -0.2) is 0 Å². The normalized spacial score (nSPS) is 17.0. The molecule has 0 aliphatic carbocycles. The number of nitrogens with zero attached hydrogens (tertiary/aromatic N) is 1. The topological polar surface area (TPSA) is 3.24 Å². The van der Waals surface area contributed by atoms with Gasteiger partial charge >= 0.3 is 0 Å². The first-order valence-corrected chi connectivity index (χ1v) is 8.89. The summed E-state index contributed by atoms with van der Waals surface area (Å²) in [4.78, 5) is 2.62. The molecule has 0 spiro atoms. The Morgan fingerprint density at radius 1 is 0.857 bits per heavy atom. The highest BCUT2D eigenvalue weighted by Crippen LogP contribution is 2.22. The van der Waals surface area contributed by atoms with E-state index in [9.17, 15) is 0 Å². The van der Waals surface area contributed by atoms with Crippen molar-refractivity contribution in [3.8, 4) is 0 Å². The van der Waals surface area contributed by atoms with Crippen LogP contribution in [0.2, 0.25) is 0 Å². The van der Waals surface area contributed by atoms with Crippen molar-refractivity contribution < 1.29 is 0 Å². The molecule has 1 aliphatic heterocycles. The lowest BCUT2D eigenvalue weighted by atomic mass is 10.0. The van der Waals surface area contributed by atoms with Crippen molar-refractivity contribution in [2.45, 2.75) is 18.8 Å². The molecular weight excluding hydrogens is 322 g/mol. The van der Waals surface area contributed by atoms with E-state index in [1.807, 2.05) is 0 Å². The third kappa shape index (κ3) is 3.75. The summed E-state index contributed by atoms with van der Waals surface area (Å²) < 4.78 is 0. The van der Waals surface area contributed by atoms with Crippen molar-refractivity contribution in [3.05, 3.63) is 71.3 Å². The number of rotatable bonds is 4. The van der Waals surface area contributed by atoms with Gasteiger partial charge in [0, 0.05) is 30.9 Å². The lowest BCUT2D eigenvalue weighted by Crippen LogP contribution is -2.31. The van der Waals surface area contributed by atoms with Crippen LogP contribution in [0.4, 0.5) is 0 Å². The Balaban J connectivity index is 1.66. The summed E-state index contributed by atoms with van der Waals surface area (Å²) in [7, 11) is 0. The molecule has 1 atom stereocenters. The second-order valence-corrected chi connectivity index (χ2v) is 6.48. The van der Waals surface area contributed by atoms with E-state index in [1.54, 1.807) is 0 Å². The molecule has 1 aliphatic rings. The van der Waals surface area contributed by atoms with Crippen molar-refractivity contribution in [2.75, 3.05) is 25.0 Å². The van der Waals surface area contributed by atoms with Crippen LogP contribution in [0, 0.1) is 0 Å². The molecule has 0 saturated heterocycles. The molecule has 0 bridgehead atoms. The smallest absolute Gasteiger partial charge is 0.0112 e. The van der Waals surface area contributed by atoms with Gasteiger partial charge in [0.15, 0.2) is 0 Å². The number of hydrogen-bond acceptors (Lipinski definition) is 1. The van der Waals surface area contributed by atoms with Crippen molar-refractivity contribution in [1.82, 2.24) is 4.90 Å². The van der Waals surface area contributed by atoms with Crippen molar-refractivity contribution in [3.63, 3.8) is 0 Å². The van der Waals surface area contributed by atoms with Gasteiger partial charge in [-0.15, -0.1) is 0 Å². The fraction of sp³-hybridized carbons (Fsp3) is 0.368. The number of benzene rings is 2. The lowest BCUT2D eigenvalue weighted by molar-refractivity contribution is 0.275. The Labute approximate surface area is 136 Å². The lowest BCUT2D eigenvalue weighted by Gasteiger charge is -2.25. The summed E-state index contributed by atoms with van der Waals surface area (Å²) in [5.74, 6) is 0.576. The van der Waals surface area contributed by atoms with E-state index >= 15 is 0 Å². The summed E-state index contributed by atoms with van der Waals surface area (Å²) in [6, 6.07) is 19.8. The van der Waals surface area contributed by atoms with Gasteiger partial charge in [0.05, 0.1) is 0 Å². The molecular formula is C19H22BrN. The highest BCUT2D eigenvalue weighted by atomic mass is 79.9. The van der Waals surface area contributed by atoms with Crippen LogP contribution in [-0.2, 0) is 12.8 Å². The molecule has 2 aromatic carbocycles. The van der Waals surface area contributed by atoms with E-state index in [0.29, 0.717) is 5.92 Å². The van der Waals surface area contributed by atoms with Gasteiger partial charge in [-0.2, -0.15) is 0 Å². The average molecular weight is 344 g/mol. The Kier molecular flexibility index (Phi) is 5.10. The summed E-state index contributed by atoms with van der Waals surface area (Å²) in [5, 5.41) is 1.03. The minimum atomic E-state index is 0.576. The molecule has 0 N–H and O–H groups in total. The van der Waals surface area contributed by atoms with E-state index in [2.05, 4.69) is 75.4 Å². The molecule has 0 amide bonds. The van der Waals surface area contributed by atoms with E-state index < -0.39 is 0 Å². The van der Waals surface area contributed by atoms with E-state index in [-0.39, 0.29) is 0 Å². The third-order valence-electron chi connectivity index (χ3n) is 4.45. The summed E-state index contributed by atoms with van der Waals surface area (Å²) in [6.07, 6.45) is 2.36. The summed E-state index contributed by atoms with van der Waals surface area (Å²) in [6.45, 7) is 3.49. The van der Waals surface area contributed by atoms with Crippen LogP contribution in [0.25, 0.3) is 0 Å². The average Bonchev–Trinajstić information content (AvgIpc) is 2.76. The molecule has 1 unspecified atom stereocenters. The van der Waals surface area contributed by atoms with E-state index in [1.165, 1.54) is 42.6 Å². The van der Waals surface area contributed by atoms with Gasteiger partial charge in [-0.05, 0) is 29.5 Å². The first-order valence-electron chi connectivity index (χ1n) is 7.77. The molecule has 2 aromatic rings. The van der Waals surface area contributed by atoms with Gasteiger partial charge in [-0.1, -0.05) is 70.5 Å². The first kappa shape index (κ1) is 14.8. The van der Waals surface area contributed by atoms with E-state index in [4.69, 9.17) is 0 Å². The van der Waals surface area contributed by atoms with E-state index in [0.717, 1.165) is 11.9 Å². The molecule has 0 radical (unpaired) electrons. The van der Waals surface area contributed by atoms with Gasteiger partial charge in [0.2, 0.25) is 0 Å². The standard InChI is InChI=1S/C19H22BrN/c20-14-19(16-6-2-1-3-7-16)15-21-12-10-17-8-4-5-9-18(17)11-13-21/h1-9,19H,10-15H2. The van der Waals surface area contributed by atoms with Crippen LogP contribution >= 0.6 is 15.9 Å². The maximum Gasteiger partial charge on any atom is 0.0112 e. The molecule has 2 heteroatoms. The van der Waals surface area contributed by atoms with Crippen LogP contribution in [0.15, 0.2) is 54.6 Å². The second kappa shape index (κ2) is 7.24. The predicted molar refractivity (Wildman–Crippen MR) is 93.3 cm³/mol. The molecule has 1 heterocycles. The third-order valence-corrected chi connectivity index (χ3v) is 5.23. The van der Waals surface area contributed by atoms with Crippen molar-refractivity contribution >= 4 is 15.9 Å². The molecule has 110 valence electrons. The molecule has 21 heavy (non-hydrogen) atoms. The minimum Gasteiger partial charge on any atom is -0.302 e. The quantitative estimate of drug-likeness (QED) is 0.749. The van der Waals surface area contributed by atoms with Gasteiger partial charge in [0.25, 0.3) is 0 Å². The monoisotopic (exact) mass is 343 g/mol. The zero-order chi connectivity index (χ0) is 14.5. The molecule has 0 fully saturated rings. The summed E-state index contributed by atoms with van der Waals surface area (Å²) in [5.41, 5.74) is 4.52. The number of fused-ring (bicyclic) bond motifs is 1. The van der Waals surface area contributed by atoms with Gasteiger partial charge < -0.3 is 4.90 Å². The fourth-order valence-corrected chi connectivity index (χ4v) is 3.76. The largest absolute Gasteiger partial charge is 0.302 e. The number of alkyl halides is 1. The zero-order valence-corrected chi connectivity index (χ0v) is 13.9. The van der Waals surface area contributed by atoms with Crippen molar-refractivity contribution in [1.29, 1.82) is 0 Å². The summed E-state index contributed by atoms with van der Waals surface area (Å²) >= 11 is 3.70. The fourth-order valence-electron chi connectivity index (χ4n) is 3.18. The highest BCUT2D eigenvalue weighted by Gasteiger charge is 2.18. The Hall–Kier alpha value is -1.12. The molecule has 3 rings (SSSR count). The van der Waals surface area contributed by atoms with Crippen LogP contribution < -0.4 is 0 Å². The van der Waals surface area contributed by atoms with Gasteiger partial charge in [0.1, 0.15) is 0 Å². The molecule has 0 saturated carbocycles. The van der Waals surface area contributed by atoms with Crippen LogP contribution in [0.3, 0.4) is 0 Å². The Morgan fingerprint density at radius 3 is 2.00 bits per heavy atom. The second-order valence-electron chi connectivity index (χ2n) is 5.83. The SMILES string of the molecule is BrCC(CN1CCc2ccccc2CC1)c1ccccc1. The van der Waals surface area contributed by atoms with Crippen LogP contribution in [0.5, 0.6) is 0 Å². The minimum absolute atomic E-state index is 0.576. The number of halogens is 1. The first-order chi connectivity index (χ1) is 10.4. The molecule has 0 aromatic heterocycles. The number of hydrogen-bond donors (Lipinski definition) is 0. The zero-order valence-electron chi connectivity index (χ0n) is 12.3. The van der Waals surface area contributed by atoms with Crippen LogP contribution in [0.1, 0.15) is 22.6 Å². The predicted octanol–water partition coefficient (Wildman–Crippen LogP) is 4.27. The maximum absolute atomic E-state index is 3.70. The molecule has 1 nitrogen and oxygen atoms in total. The Morgan fingerprint density at radius 2 is 1.43 bits per heavy atom. The maximum atomic E-state index is 3.70. The van der Waals surface area contributed by atoms with Gasteiger partial charge in [-0.3, -0.25) is 0 Å². The Bertz CT molecular complexity index is 540. The van der Waals surface area contributed by atoms with Crippen LogP contribution in [-0.4, -0.2) is 29.9 Å². The van der Waals surface area contributed by atoms with Crippen molar-refractivity contribution in [2.24, 2.45) is 0 Å². The highest BCUT2D eigenvalue weighted by molar-refractivity contribution is 9.09.